The number of hydrogen-bond donors (Lipinski definition) is 0. The van der Waals surface area contributed by atoms with E-state index < -0.39 is 11.6 Å². The third-order valence-corrected chi connectivity index (χ3v) is 3.58. The van der Waals surface area contributed by atoms with E-state index in [4.69, 9.17) is 4.74 Å². The van der Waals surface area contributed by atoms with Crippen LogP contribution in [0.15, 0.2) is 18.2 Å². The van der Waals surface area contributed by atoms with Crippen LogP contribution >= 0.6 is 15.9 Å². The number of rotatable bonds is 2. The number of carbonyl (C=O) groups excluding carboxylic acids is 1. The summed E-state index contributed by atoms with van der Waals surface area (Å²) in [6, 6.07) is 3.10. The number of halogens is 3. The first-order valence-corrected chi connectivity index (χ1v) is 6.65. The topological polar surface area (TPSA) is 29.5 Å². The van der Waals surface area contributed by atoms with Crippen LogP contribution in [-0.2, 0) is 4.74 Å². The van der Waals surface area contributed by atoms with Crippen LogP contribution in [0.25, 0.3) is 0 Å². The number of benzene rings is 1. The average Bonchev–Trinajstić information content (AvgIpc) is 2.41. The predicted octanol–water partition coefficient (Wildman–Crippen LogP) is 2.20. The van der Waals surface area contributed by atoms with E-state index in [1.807, 2.05) is 0 Å². The van der Waals surface area contributed by atoms with Crippen LogP contribution in [0.1, 0.15) is 10.4 Å². The number of hydrogen-bond acceptors (Lipinski definition) is 2. The Balaban J connectivity index is 2.21. The summed E-state index contributed by atoms with van der Waals surface area (Å²) >= 11 is 3.31. The smallest absolute Gasteiger partial charge is 0.254 e. The Hall–Kier alpha value is -1.01. The summed E-state index contributed by atoms with van der Waals surface area (Å²) in [5.41, 5.74) is 0.154. The molecule has 1 unspecified atom stereocenters. The van der Waals surface area contributed by atoms with Gasteiger partial charge in [0.15, 0.2) is 11.6 Å². The van der Waals surface area contributed by atoms with Crippen LogP contribution in [0.3, 0.4) is 0 Å². The maximum atomic E-state index is 13.1. The van der Waals surface area contributed by atoms with Crippen LogP contribution in [0.5, 0.6) is 0 Å². The van der Waals surface area contributed by atoms with Crippen molar-refractivity contribution in [3.8, 4) is 0 Å². The molecule has 1 fully saturated rings. The summed E-state index contributed by atoms with van der Waals surface area (Å²) in [6.07, 6.45) is 0. The molecule has 1 aromatic carbocycles. The molecule has 1 aliphatic rings. The Labute approximate surface area is 112 Å². The number of nitrogens with zero attached hydrogens (tertiary/aromatic N) is 1. The van der Waals surface area contributed by atoms with Gasteiger partial charge in [-0.25, -0.2) is 8.78 Å². The molecule has 0 N–H and O–H groups in total. The number of amides is 1. The molecule has 1 aromatic rings. The van der Waals surface area contributed by atoms with Crippen molar-refractivity contribution in [3.05, 3.63) is 35.4 Å². The first-order valence-electron chi connectivity index (χ1n) is 5.53. The summed E-state index contributed by atoms with van der Waals surface area (Å²) in [4.78, 5) is 13.8. The van der Waals surface area contributed by atoms with Gasteiger partial charge in [0.2, 0.25) is 0 Å². The molecule has 0 radical (unpaired) electrons. The molecule has 1 aliphatic heterocycles. The van der Waals surface area contributed by atoms with Crippen LogP contribution in [-0.4, -0.2) is 41.9 Å². The third kappa shape index (κ3) is 2.70. The first kappa shape index (κ1) is 13.4. The zero-order valence-corrected chi connectivity index (χ0v) is 11.1. The second-order valence-corrected chi connectivity index (χ2v) is 4.66. The van der Waals surface area contributed by atoms with Crippen molar-refractivity contribution in [2.24, 2.45) is 0 Å². The summed E-state index contributed by atoms with van der Waals surface area (Å²) in [7, 11) is 0. The largest absolute Gasteiger partial charge is 0.377 e. The lowest BCUT2D eigenvalue weighted by Gasteiger charge is -2.34. The van der Waals surface area contributed by atoms with E-state index in [0.29, 0.717) is 25.1 Å². The molecule has 0 bridgehead atoms. The molecule has 1 saturated heterocycles. The minimum atomic E-state index is -1.01. The quantitative estimate of drug-likeness (QED) is 0.782. The SMILES string of the molecule is O=C(c1ccc(F)c(F)c1)N1CCOCC1CBr. The molecule has 98 valence electrons. The Morgan fingerprint density at radius 2 is 2.22 bits per heavy atom. The molecule has 1 heterocycles. The van der Waals surface area contributed by atoms with Gasteiger partial charge in [0.25, 0.3) is 5.91 Å². The highest BCUT2D eigenvalue weighted by atomic mass is 79.9. The van der Waals surface area contributed by atoms with Gasteiger partial charge in [-0.05, 0) is 18.2 Å². The third-order valence-electron chi connectivity index (χ3n) is 2.83. The maximum Gasteiger partial charge on any atom is 0.254 e. The Morgan fingerprint density at radius 1 is 1.44 bits per heavy atom. The Morgan fingerprint density at radius 3 is 2.89 bits per heavy atom. The molecule has 1 amide bonds. The number of ether oxygens (including phenoxy) is 1. The lowest BCUT2D eigenvalue weighted by molar-refractivity contribution is 0.00522. The van der Waals surface area contributed by atoms with Gasteiger partial charge in [-0.3, -0.25) is 4.79 Å². The Kier molecular flexibility index (Phi) is 4.29. The molecule has 0 saturated carbocycles. The van der Waals surface area contributed by atoms with Gasteiger partial charge < -0.3 is 9.64 Å². The van der Waals surface area contributed by atoms with Gasteiger partial charge in [0.05, 0.1) is 19.3 Å². The molecule has 2 rings (SSSR count). The minimum Gasteiger partial charge on any atom is -0.377 e. The molecule has 6 heteroatoms. The van der Waals surface area contributed by atoms with Crippen molar-refractivity contribution in [3.63, 3.8) is 0 Å². The second-order valence-electron chi connectivity index (χ2n) is 4.01. The van der Waals surface area contributed by atoms with E-state index >= 15 is 0 Å². The van der Waals surface area contributed by atoms with E-state index in [1.54, 1.807) is 4.90 Å². The van der Waals surface area contributed by atoms with Crippen molar-refractivity contribution in [1.29, 1.82) is 0 Å². The van der Waals surface area contributed by atoms with Gasteiger partial charge >= 0.3 is 0 Å². The fourth-order valence-corrected chi connectivity index (χ4v) is 2.38. The predicted molar refractivity (Wildman–Crippen MR) is 65.8 cm³/mol. The van der Waals surface area contributed by atoms with Crippen LogP contribution in [0.4, 0.5) is 8.78 Å². The summed E-state index contributed by atoms with van der Waals surface area (Å²) in [5.74, 6) is -2.27. The average molecular weight is 320 g/mol. The highest BCUT2D eigenvalue weighted by Crippen LogP contribution is 2.16. The normalized spacial score (nSPS) is 19.9. The van der Waals surface area contributed by atoms with Gasteiger partial charge in [0, 0.05) is 17.4 Å². The van der Waals surface area contributed by atoms with E-state index in [0.717, 1.165) is 12.1 Å². The standard InChI is InChI=1S/C12H12BrF2NO2/c13-6-9-7-18-4-3-16(9)12(17)8-1-2-10(14)11(15)5-8/h1-2,5,9H,3-4,6-7H2. The van der Waals surface area contributed by atoms with Gasteiger partial charge in [0.1, 0.15) is 0 Å². The monoisotopic (exact) mass is 319 g/mol. The lowest BCUT2D eigenvalue weighted by atomic mass is 10.1. The molecule has 1 atom stereocenters. The molecule has 0 aliphatic carbocycles. The van der Waals surface area contributed by atoms with Gasteiger partial charge in [-0.1, -0.05) is 15.9 Å². The second kappa shape index (κ2) is 5.75. The number of morpholine rings is 1. The van der Waals surface area contributed by atoms with Crippen LogP contribution in [0.2, 0.25) is 0 Å². The minimum absolute atomic E-state index is 0.0839. The molecule has 0 aromatic heterocycles. The van der Waals surface area contributed by atoms with Crippen LogP contribution < -0.4 is 0 Å². The fraction of sp³-hybridized carbons (Fsp3) is 0.417. The van der Waals surface area contributed by atoms with Gasteiger partial charge in [-0.15, -0.1) is 0 Å². The lowest BCUT2D eigenvalue weighted by Crippen LogP contribution is -2.49. The summed E-state index contributed by atoms with van der Waals surface area (Å²) < 4.78 is 31.2. The molecule has 18 heavy (non-hydrogen) atoms. The highest BCUT2D eigenvalue weighted by Gasteiger charge is 2.27. The summed E-state index contributed by atoms with van der Waals surface area (Å²) in [5, 5.41) is 0.586. The number of alkyl halides is 1. The Bertz CT molecular complexity index is 456. The maximum absolute atomic E-state index is 13.1. The fourth-order valence-electron chi connectivity index (χ4n) is 1.85. The van der Waals surface area contributed by atoms with Gasteiger partial charge in [-0.2, -0.15) is 0 Å². The molecule has 3 nitrogen and oxygen atoms in total. The summed E-state index contributed by atoms with van der Waals surface area (Å²) in [6.45, 7) is 1.35. The first-order chi connectivity index (χ1) is 8.63. The van der Waals surface area contributed by atoms with Crippen molar-refractivity contribution < 1.29 is 18.3 Å². The molecular weight excluding hydrogens is 308 g/mol. The zero-order chi connectivity index (χ0) is 13.1. The van der Waals surface area contributed by atoms with Crippen molar-refractivity contribution >= 4 is 21.8 Å². The van der Waals surface area contributed by atoms with E-state index in [-0.39, 0.29) is 17.5 Å². The van der Waals surface area contributed by atoms with Crippen molar-refractivity contribution in [2.45, 2.75) is 6.04 Å². The van der Waals surface area contributed by atoms with E-state index in [9.17, 15) is 13.6 Å². The van der Waals surface area contributed by atoms with E-state index in [1.165, 1.54) is 6.07 Å². The number of carbonyl (C=O) groups is 1. The molecule has 0 spiro atoms. The van der Waals surface area contributed by atoms with Crippen molar-refractivity contribution in [2.75, 3.05) is 25.1 Å². The van der Waals surface area contributed by atoms with E-state index in [2.05, 4.69) is 15.9 Å². The molecular formula is C12H12BrF2NO2. The zero-order valence-electron chi connectivity index (χ0n) is 9.54. The van der Waals surface area contributed by atoms with Crippen molar-refractivity contribution in [1.82, 2.24) is 4.90 Å². The van der Waals surface area contributed by atoms with Crippen LogP contribution in [0, 0.1) is 11.6 Å². The highest BCUT2D eigenvalue weighted by molar-refractivity contribution is 9.09.